The maximum Gasteiger partial charge on any atom is 0.333 e. The van der Waals surface area contributed by atoms with Crippen molar-refractivity contribution in [2.75, 3.05) is 5.33 Å². The standard InChI is InChI=1S/C9H12BrNO4/c10-6-2-1-3-9(14)15-11-7(12)4-5-8(11)13/h1-6H2. The first-order valence-electron chi connectivity index (χ1n) is 4.77. The molecule has 1 aliphatic rings. The van der Waals surface area contributed by atoms with Crippen molar-refractivity contribution >= 4 is 33.7 Å². The lowest BCUT2D eigenvalue weighted by atomic mass is 10.3. The number of carbonyl (C=O) groups excluding carboxylic acids is 3. The number of unbranched alkanes of at least 4 members (excludes halogenated alkanes) is 1. The average molecular weight is 278 g/mol. The van der Waals surface area contributed by atoms with Gasteiger partial charge in [0.05, 0.1) is 0 Å². The number of imide groups is 1. The Morgan fingerprint density at radius 2 is 1.87 bits per heavy atom. The van der Waals surface area contributed by atoms with Crippen LogP contribution in [0.4, 0.5) is 0 Å². The molecule has 0 spiro atoms. The van der Waals surface area contributed by atoms with Crippen molar-refractivity contribution in [1.29, 1.82) is 0 Å². The van der Waals surface area contributed by atoms with Gasteiger partial charge in [-0.3, -0.25) is 9.59 Å². The number of alkyl halides is 1. The first kappa shape index (κ1) is 12.2. The summed E-state index contributed by atoms with van der Waals surface area (Å²) in [4.78, 5) is 38.0. The Bertz CT molecular complexity index is 263. The van der Waals surface area contributed by atoms with E-state index in [1.807, 2.05) is 0 Å². The smallest absolute Gasteiger partial charge is 0.330 e. The number of amides is 2. The molecule has 0 aromatic carbocycles. The maximum atomic E-state index is 11.2. The summed E-state index contributed by atoms with van der Waals surface area (Å²) < 4.78 is 0. The first-order chi connectivity index (χ1) is 7.15. The lowest BCUT2D eigenvalue weighted by molar-refractivity contribution is -0.197. The van der Waals surface area contributed by atoms with Crippen LogP contribution in [0.1, 0.15) is 32.1 Å². The summed E-state index contributed by atoms with van der Waals surface area (Å²) >= 11 is 3.24. The number of hydrogen-bond donors (Lipinski definition) is 0. The zero-order valence-electron chi connectivity index (χ0n) is 8.20. The third-order valence-corrected chi connectivity index (χ3v) is 2.52. The van der Waals surface area contributed by atoms with Crippen LogP contribution in [-0.2, 0) is 19.2 Å². The zero-order chi connectivity index (χ0) is 11.3. The van der Waals surface area contributed by atoms with E-state index in [0.717, 1.165) is 11.8 Å². The summed E-state index contributed by atoms with van der Waals surface area (Å²) in [5, 5.41) is 1.40. The van der Waals surface area contributed by atoms with Gasteiger partial charge in [-0.2, -0.15) is 0 Å². The summed E-state index contributed by atoms with van der Waals surface area (Å²) in [6.07, 6.45) is 2.03. The van der Waals surface area contributed by atoms with Gasteiger partial charge in [0.15, 0.2) is 0 Å². The molecule has 2 amide bonds. The van der Waals surface area contributed by atoms with E-state index in [-0.39, 0.29) is 19.3 Å². The Balaban J connectivity index is 2.31. The second kappa shape index (κ2) is 5.85. The van der Waals surface area contributed by atoms with Gasteiger partial charge < -0.3 is 4.84 Å². The highest BCUT2D eigenvalue weighted by atomic mass is 79.9. The van der Waals surface area contributed by atoms with Crippen LogP contribution in [-0.4, -0.2) is 28.2 Å². The fourth-order valence-corrected chi connectivity index (χ4v) is 1.57. The van der Waals surface area contributed by atoms with Crippen LogP contribution in [0.15, 0.2) is 0 Å². The normalized spacial score (nSPS) is 15.9. The Morgan fingerprint density at radius 1 is 1.27 bits per heavy atom. The van der Waals surface area contributed by atoms with Crippen molar-refractivity contribution in [3.05, 3.63) is 0 Å². The molecule has 0 bridgehead atoms. The summed E-state index contributed by atoms with van der Waals surface area (Å²) in [6, 6.07) is 0. The van der Waals surface area contributed by atoms with Crippen molar-refractivity contribution in [3.8, 4) is 0 Å². The molecule has 0 aromatic heterocycles. The summed E-state index contributed by atoms with van der Waals surface area (Å²) in [6.45, 7) is 0. The van der Waals surface area contributed by atoms with Crippen molar-refractivity contribution < 1.29 is 19.2 Å². The van der Waals surface area contributed by atoms with Crippen LogP contribution in [0.2, 0.25) is 0 Å². The fraction of sp³-hybridized carbons (Fsp3) is 0.667. The predicted octanol–water partition coefficient (Wildman–Crippen LogP) is 1.16. The zero-order valence-corrected chi connectivity index (χ0v) is 9.79. The Labute approximate surface area is 95.8 Å². The van der Waals surface area contributed by atoms with Crippen LogP contribution in [0, 0.1) is 0 Å². The van der Waals surface area contributed by atoms with Crippen molar-refractivity contribution in [3.63, 3.8) is 0 Å². The quantitative estimate of drug-likeness (QED) is 0.430. The minimum Gasteiger partial charge on any atom is -0.330 e. The number of carbonyl (C=O) groups is 3. The summed E-state index contributed by atoms with van der Waals surface area (Å²) in [5.74, 6) is -1.40. The van der Waals surface area contributed by atoms with Gasteiger partial charge >= 0.3 is 5.97 Å². The molecule has 0 aromatic rings. The second-order valence-corrected chi connectivity index (χ2v) is 3.98. The topological polar surface area (TPSA) is 63.7 Å². The number of hydroxylamine groups is 2. The Hall–Kier alpha value is -0.910. The van der Waals surface area contributed by atoms with Crippen LogP contribution in [0.25, 0.3) is 0 Å². The van der Waals surface area contributed by atoms with Crippen LogP contribution >= 0.6 is 15.9 Å². The van der Waals surface area contributed by atoms with E-state index in [4.69, 9.17) is 0 Å². The lowest BCUT2D eigenvalue weighted by Crippen LogP contribution is -2.31. The average Bonchev–Trinajstić information content (AvgIpc) is 2.50. The molecule has 5 nitrogen and oxygen atoms in total. The fourth-order valence-electron chi connectivity index (χ4n) is 1.17. The number of halogens is 1. The van der Waals surface area contributed by atoms with E-state index < -0.39 is 17.8 Å². The van der Waals surface area contributed by atoms with E-state index in [1.165, 1.54) is 0 Å². The van der Waals surface area contributed by atoms with Gasteiger partial charge in [-0.05, 0) is 12.8 Å². The molecule has 0 unspecified atom stereocenters. The number of nitrogens with zero attached hydrogens (tertiary/aromatic N) is 1. The predicted molar refractivity (Wildman–Crippen MR) is 54.8 cm³/mol. The molecule has 0 aliphatic carbocycles. The molecule has 0 atom stereocenters. The number of hydrogen-bond acceptors (Lipinski definition) is 4. The first-order valence-corrected chi connectivity index (χ1v) is 5.90. The molecule has 0 N–H and O–H groups in total. The van der Waals surface area contributed by atoms with Gasteiger partial charge in [0.1, 0.15) is 0 Å². The Kier molecular flexibility index (Phi) is 4.74. The number of rotatable bonds is 5. The molecule has 1 saturated heterocycles. The summed E-state index contributed by atoms with van der Waals surface area (Å²) in [5.41, 5.74) is 0. The van der Waals surface area contributed by atoms with Gasteiger partial charge in [0.25, 0.3) is 11.8 Å². The van der Waals surface area contributed by atoms with Gasteiger partial charge in [-0.1, -0.05) is 15.9 Å². The molecule has 0 radical (unpaired) electrons. The third-order valence-electron chi connectivity index (χ3n) is 1.96. The molecule has 1 fully saturated rings. The SMILES string of the molecule is O=C(CCCCBr)ON1C(=O)CCC1=O. The van der Waals surface area contributed by atoms with E-state index in [0.29, 0.717) is 11.5 Å². The van der Waals surface area contributed by atoms with E-state index in [2.05, 4.69) is 20.8 Å². The molecular formula is C9H12BrNO4. The van der Waals surface area contributed by atoms with Crippen LogP contribution < -0.4 is 0 Å². The molecule has 1 rings (SSSR count). The molecule has 1 heterocycles. The molecular weight excluding hydrogens is 266 g/mol. The third kappa shape index (κ3) is 3.62. The monoisotopic (exact) mass is 277 g/mol. The second-order valence-electron chi connectivity index (χ2n) is 3.19. The van der Waals surface area contributed by atoms with E-state index >= 15 is 0 Å². The molecule has 1 aliphatic heterocycles. The van der Waals surface area contributed by atoms with Gasteiger partial charge in [0, 0.05) is 24.6 Å². The van der Waals surface area contributed by atoms with Crippen molar-refractivity contribution in [1.82, 2.24) is 5.06 Å². The molecule has 15 heavy (non-hydrogen) atoms. The van der Waals surface area contributed by atoms with Gasteiger partial charge in [0.2, 0.25) is 0 Å². The summed E-state index contributed by atoms with van der Waals surface area (Å²) in [7, 11) is 0. The molecule has 6 heteroatoms. The van der Waals surface area contributed by atoms with Crippen molar-refractivity contribution in [2.45, 2.75) is 32.1 Å². The molecule has 0 saturated carbocycles. The minimum atomic E-state index is -0.528. The highest BCUT2D eigenvalue weighted by Crippen LogP contribution is 2.13. The van der Waals surface area contributed by atoms with Crippen LogP contribution in [0.5, 0.6) is 0 Å². The van der Waals surface area contributed by atoms with E-state index in [1.54, 1.807) is 0 Å². The van der Waals surface area contributed by atoms with E-state index in [9.17, 15) is 14.4 Å². The van der Waals surface area contributed by atoms with Crippen molar-refractivity contribution in [2.24, 2.45) is 0 Å². The lowest BCUT2D eigenvalue weighted by Gasteiger charge is -2.12. The highest BCUT2D eigenvalue weighted by molar-refractivity contribution is 9.09. The maximum absolute atomic E-state index is 11.2. The minimum absolute atomic E-state index is 0.132. The van der Waals surface area contributed by atoms with Crippen LogP contribution in [0.3, 0.4) is 0 Å². The highest BCUT2D eigenvalue weighted by Gasteiger charge is 2.32. The van der Waals surface area contributed by atoms with Gasteiger partial charge in [-0.25, -0.2) is 4.79 Å². The largest absolute Gasteiger partial charge is 0.333 e. The van der Waals surface area contributed by atoms with Gasteiger partial charge in [-0.15, -0.1) is 5.06 Å². The Morgan fingerprint density at radius 3 is 2.40 bits per heavy atom. The molecule has 84 valence electrons.